The van der Waals surface area contributed by atoms with Crippen LogP contribution in [0.1, 0.15) is 24.8 Å². The topological polar surface area (TPSA) is 66.8 Å². The summed E-state index contributed by atoms with van der Waals surface area (Å²) in [5.41, 5.74) is 4.12. The molecular weight excluding hydrogens is 503 g/mol. The molecule has 0 unspecified atom stereocenters. The van der Waals surface area contributed by atoms with Crippen molar-refractivity contribution in [3.8, 4) is 22.5 Å². The molecule has 1 aliphatic heterocycles. The van der Waals surface area contributed by atoms with Crippen LogP contribution in [0.25, 0.3) is 44.5 Å². The van der Waals surface area contributed by atoms with E-state index in [0.29, 0.717) is 36.5 Å². The minimum Gasteiger partial charge on any atom is -0.342 e. The zero-order valence-electron chi connectivity index (χ0n) is 21.1. The van der Waals surface area contributed by atoms with Gasteiger partial charge in [0, 0.05) is 36.5 Å². The molecule has 2 aliphatic rings. The Morgan fingerprint density at radius 2 is 1.72 bits per heavy atom. The van der Waals surface area contributed by atoms with Gasteiger partial charge in [0.1, 0.15) is 5.82 Å². The Kier molecular flexibility index (Phi) is 5.50. The lowest BCUT2D eigenvalue weighted by Gasteiger charge is -2.18. The van der Waals surface area contributed by atoms with Crippen LogP contribution in [-0.4, -0.2) is 43.6 Å². The SMILES string of the molecule is O=C(C1CC1)N1CC[C@@H](Cn2c(-c3ccc(-c4ccc5cn[nH]c5c4)cc3)nc3ccc(C(F)(F)F)cc32)C1. The number of fused-ring (bicyclic) bond motifs is 2. The van der Waals surface area contributed by atoms with Crippen molar-refractivity contribution in [3.63, 3.8) is 0 Å². The van der Waals surface area contributed by atoms with Crippen LogP contribution in [-0.2, 0) is 17.5 Å². The molecule has 0 bridgehead atoms. The van der Waals surface area contributed by atoms with Crippen LogP contribution < -0.4 is 0 Å². The minimum absolute atomic E-state index is 0.152. The van der Waals surface area contributed by atoms with Gasteiger partial charge in [-0.3, -0.25) is 9.89 Å². The van der Waals surface area contributed by atoms with Crippen molar-refractivity contribution < 1.29 is 18.0 Å². The lowest BCUT2D eigenvalue weighted by Crippen LogP contribution is -2.30. The third kappa shape index (κ3) is 4.45. The predicted molar refractivity (Wildman–Crippen MR) is 143 cm³/mol. The number of carbonyl (C=O) groups is 1. The number of imidazole rings is 1. The number of aromatic amines is 1. The third-order valence-electron chi connectivity index (χ3n) is 7.96. The van der Waals surface area contributed by atoms with E-state index in [-0.39, 0.29) is 17.7 Å². The van der Waals surface area contributed by atoms with Crippen LogP contribution in [0.15, 0.2) is 66.9 Å². The standard InChI is InChI=1S/C30H26F3N5O/c31-30(32,33)24-9-10-25-27(14-24)38(17-18-11-12-37(16-18)29(39)21-5-6-21)28(35-25)20-3-1-19(2-4-20)22-7-8-23-15-34-36-26(23)13-22/h1-4,7-10,13-15,18,21H,5-6,11-12,16-17H2,(H,34,36)/t18-/m1/s1. The van der Waals surface area contributed by atoms with Crippen molar-refractivity contribution in [2.75, 3.05) is 13.1 Å². The zero-order chi connectivity index (χ0) is 26.7. The van der Waals surface area contributed by atoms with Gasteiger partial charge in [-0.25, -0.2) is 4.98 Å². The first-order valence-corrected chi connectivity index (χ1v) is 13.2. The van der Waals surface area contributed by atoms with E-state index in [9.17, 15) is 18.0 Å². The van der Waals surface area contributed by atoms with Crippen molar-refractivity contribution in [1.29, 1.82) is 0 Å². The summed E-state index contributed by atoms with van der Waals surface area (Å²) in [4.78, 5) is 19.3. The molecule has 198 valence electrons. The molecule has 5 aromatic rings. The molecule has 3 heterocycles. The van der Waals surface area contributed by atoms with Crippen LogP contribution in [0.5, 0.6) is 0 Å². The zero-order valence-corrected chi connectivity index (χ0v) is 21.1. The summed E-state index contributed by atoms with van der Waals surface area (Å²) in [6.07, 6.45) is 0.0834. The first-order chi connectivity index (χ1) is 18.8. The van der Waals surface area contributed by atoms with E-state index in [2.05, 4.69) is 10.2 Å². The molecule has 6 nitrogen and oxygen atoms in total. The molecule has 1 saturated carbocycles. The minimum atomic E-state index is -4.44. The first kappa shape index (κ1) is 23.9. The number of rotatable bonds is 5. The average molecular weight is 530 g/mol. The van der Waals surface area contributed by atoms with E-state index < -0.39 is 11.7 Å². The number of hydrogen-bond acceptors (Lipinski definition) is 3. The second kappa shape index (κ2) is 8.97. The van der Waals surface area contributed by atoms with Gasteiger partial charge in [0.15, 0.2) is 0 Å². The highest BCUT2D eigenvalue weighted by Crippen LogP contribution is 2.36. The highest BCUT2D eigenvalue weighted by molar-refractivity contribution is 5.85. The fraction of sp³-hybridized carbons (Fsp3) is 0.300. The van der Waals surface area contributed by atoms with Gasteiger partial charge in [0.2, 0.25) is 5.91 Å². The van der Waals surface area contributed by atoms with E-state index in [0.717, 1.165) is 52.9 Å². The quantitative estimate of drug-likeness (QED) is 0.282. The first-order valence-electron chi connectivity index (χ1n) is 13.2. The van der Waals surface area contributed by atoms with Gasteiger partial charge in [-0.05, 0) is 60.6 Å². The Morgan fingerprint density at radius 1 is 0.949 bits per heavy atom. The molecule has 1 amide bonds. The van der Waals surface area contributed by atoms with Crippen LogP contribution in [0.2, 0.25) is 0 Å². The van der Waals surface area contributed by atoms with Crippen LogP contribution in [0, 0.1) is 11.8 Å². The summed E-state index contributed by atoms with van der Waals surface area (Å²) in [5.74, 6) is 1.16. The van der Waals surface area contributed by atoms with Crippen molar-refractivity contribution in [2.24, 2.45) is 11.8 Å². The number of alkyl halides is 3. The maximum absolute atomic E-state index is 13.6. The fourth-order valence-corrected chi connectivity index (χ4v) is 5.66. The molecule has 1 aliphatic carbocycles. The number of benzene rings is 3. The third-order valence-corrected chi connectivity index (χ3v) is 7.96. The molecule has 39 heavy (non-hydrogen) atoms. The summed E-state index contributed by atoms with van der Waals surface area (Å²) < 4.78 is 42.7. The van der Waals surface area contributed by atoms with Crippen molar-refractivity contribution in [1.82, 2.24) is 24.6 Å². The Labute approximate surface area is 222 Å². The number of nitrogens with zero attached hydrogens (tertiary/aromatic N) is 4. The molecule has 2 fully saturated rings. The average Bonchev–Trinajstić information content (AvgIpc) is 3.33. The number of H-pyrrole nitrogens is 1. The van der Waals surface area contributed by atoms with E-state index in [1.54, 1.807) is 6.20 Å². The van der Waals surface area contributed by atoms with E-state index in [4.69, 9.17) is 4.98 Å². The van der Waals surface area contributed by atoms with Crippen molar-refractivity contribution in [3.05, 3.63) is 72.4 Å². The Hall–Kier alpha value is -4.14. The van der Waals surface area contributed by atoms with Gasteiger partial charge in [-0.2, -0.15) is 18.3 Å². The number of amides is 1. The number of aromatic nitrogens is 4. The highest BCUT2D eigenvalue weighted by Gasteiger charge is 2.37. The lowest BCUT2D eigenvalue weighted by atomic mass is 10.0. The molecule has 1 N–H and O–H groups in total. The predicted octanol–water partition coefficient (Wildman–Crippen LogP) is 6.52. The molecule has 1 atom stereocenters. The van der Waals surface area contributed by atoms with Crippen LogP contribution >= 0.6 is 0 Å². The van der Waals surface area contributed by atoms with Gasteiger partial charge in [0.25, 0.3) is 0 Å². The second-order valence-corrected chi connectivity index (χ2v) is 10.7. The Morgan fingerprint density at radius 3 is 2.49 bits per heavy atom. The van der Waals surface area contributed by atoms with E-state index in [1.165, 1.54) is 12.1 Å². The van der Waals surface area contributed by atoms with E-state index in [1.807, 2.05) is 51.9 Å². The van der Waals surface area contributed by atoms with Gasteiger partial charge >= 0.3 is 6.18 Å². The number of nitrogens with one attached hydrogen (secondary N) is 1. The molecule has 3 aromatic carbocycles. The monoisotopic (exact) mass is 529 g/mol. The number of halogens is 3. The fourth-order valence-electron chi connectivity index (χ4n) is 5.66. The summed E-state index contributed by atoms with van der Waals surface area (Å²) in [6.45, 7) is 1.83. The number of likely N-dealkylation sites (tertiary alicyclic amines) is 1. The molecule has 0 spiro atoms. The summed E-state index contributed by atoms with van der Waals surface area (Å²) in [6, 6.07) is 17.8. The van der Waals surface area contributed by atoms with Crippen LogP contribution in [0.4, 0.5) is 13.2 Å². The smallest absolute Gasteiger partial charge is 0.342 e. The van der Waals surface area contributed by atoms with Gasteiger partial charge in [-0.1, -0.05) is 36.4 Å². The van der Waals surface area contributed by atoms with Crippen molar-refractivity contribution >= 4 is 27.8 Å². The molecule has 0 radical (unpaired) electrons. The largest absolute Gasteiger partial charge is 0.416 e. The second-order valence-electron chi connectivity index (χ2n) is 10.7. The number of carbonyl (C=O) groups excluding carboxylic acids is 1. The van der Waals surface area contributed by atoms with Gasteiger partial charge in [0.05, 0.1) is 28.3 Å². The Balaban J connectivity index is 1.24. The molecule has 1 saturated heterocycles. The molecular formula is C30H26F3N5O. The van der Waals surface area contributed by atoms with Crippen LogP contribution in [0.3, 0.4) is 0 Å². The highest BCUT2D eigenvalue weighted by atomic mass is 19.4. The maximum atomic E-state index is 13.6. The maximum Gasteiger partial charge on any atom is 0.416 e. The molecule has 9 heteroatoms. The van der Waals surface area contributed by atoms with E-state index >= 15 is 0 Å². The molecule has 2 aromatic heterocycles. The summed E-state index contributed by atoms with van der Waals surface area (Å²) in [5, 5.41) is 8.11. The normalized spacial score (nSPS) is 17.9. The summed E-state index contributed by atoms with van der Waals surface area (Å²) >= 11 is 0. The number of hydrogen-bond donors (Lipinski definition) is 1. The molecule has 7 rings (SSSR count). The lowest BCUT2D eigenvalue weighted by molar-refractivity contribution is -0.137. The van der Waals surface area contributed by atoms with Gasteiger partial charge in [-0.15, -0.1) is 0 Å². The summed E-state index contributed by atoms with van der Waals surface area (Å²) in [7, 11) is 0. The Bertz CT molecular complexity index is 1700. The van der Waals surface area contributed by atoms with Gasteiger partial charge < -0.3 is 9.47 Å². The van der Waals surface area contributed by atoms with Crippen molar-refractivity contribution in [2.45, 2.75) is 32.0 Å².